The van der Waals surface area contributed by atoms with Crippen molar-refractivity contribution in [2.24, 2.45) is 0 Å². The standard InChI is InChI=1S/C15H8F3N5O/c16-15(17,18)14-22-13(23-24-14)9-2-4-19-10(6-9)11-5-8-1-3-20-12(8)7-21-11/h1-7,20H. The number of hydrogen-bond donors (Lipinski definition) is 1. The van der Waals surface area contributed by atoms with Gasteiger partial charge in [-0.3, -0.25) is 9.97 Å². The van der Waals surface area contributed by atoms with Crippen LogP contribution in [0.15, 0.2) is 47.4 Å². The average Bonchev–Trinajstić information content (AvgIpc) is 3.23. The number of aromatic nitrogens is 5. The molecule has 120 valence electrons. The number of hydrogen-bond acceptors (Lipinski definition) is 5. The molecule has 0 spiro atoms. The molecule has 0 radical (unpaired) electrons. The summed E-state index contributed by atoms with van der Waals surface area (Å²) in [4.78, 5) is 14.9. The molecular weight excluding hydrogens is 323 g/mol. The van der Waals surface area contributed by atoms with Crippen LogP contribution in [-0.4, -0.2) is 25.1 Å². The maximum atomic E-state index is 12.6. The van der Waals surface area contributed by atoms with Gasteiger partial charge >= 0.3 is 12.1 Å². The molecule has 0 aliphatic rings. The number of halogens is 3. The largest absolute Gasteiger partial charge is 0.471 e. The fraction of sp³-hybridized carbons (Fsp3) is 0.0667. The van der Waals surface area contributed by atoms with Crippen LogP contribution in [0.25, 0.3) is 33.7 Å². The summed E-state index contributed by atoms with van der Waals surface area (Å²) >= 11 is 0. The van der Waals surface area contributed by atoms with Gasteiger partial charge in [0.25, 0.3) is 0 Å². The highest BCUT2D eigenvalue weighted by Gasteiger charge is 2.38. The van der Waals surface area contributed by atoms with Crippen LogP contribution in [0.2, 0.25) is 0 Å². The Morgan fingerprint density at radius 2 is 1.88 bits per heavy atom. The van der Waals surface area contributed by atoms with Gasteiger partial charge in [0.05, 0.1) is 23.1 Å². The number of alkyl halides is 3. The predicted octanol–water partition coefficient (Wildman–Crippen LogP) is 3.69. The van der Waals surface area contributed by atoms with E-state index in [2.05, 4.69) is 29.6 Å². The van der Waals surface area contributed by atoms with Crippen LogP contribution < -0.4 is 0 Å². The molecule has 0 saturated carbocycles. The summed E-state index contributed by atoms with van der Waals surface area (Å²) in [6.07, 6.45) is 0.229. The molecule has 4 aromatic rings. The molecule has 6 nitrogen and oxygen atoms in total. The van der Waals surface area contributed by atoms with Crippen molar-refractivity contribution >= 4 is 10.9 Å². The normalized spacial score (nSPS) is 12.0. The second kappa shape index (κ2) is 5.15. The minimum Gasteiger partial charge on any atom is -0.360 e. The minimum absolute atomic E-state index is 0.159. The molecular formula is C15H8F3N5O. The number of pyridine rings is 2. The Morgan fingerprint density at radius 1 is 1.04 bits per heavy atom. The second-order valence-corrected chi connectivity index (χ2v) is 4.99. The van der Waals surface area contributed by atoms with Gasteiger partial charge in [0, 0.05) is 23.3 Å². The Morgan fingerprint density at radius 3 is 2.67 bits per heavy atom. The number of nitrogens with one attached hydrogen (secondary N) is 1. The Hall–Kier alpha value is -3.23. The molecule has 0 atom stereocenters. The van der Waals surface area contributed by atoms with Gasteiger partial charge in [-0.25, -0.2) is 0 Å². The van der Waals surface area contributed by atoms with Crippen LogP contribution >= 0.6 is 0 Å². The predicted molar refractivity (Wildman–Crippen MR) is 77.6 cm³/mol. The molecule has 0 unspecified atom stereocenters. The van der Waals surface area contributed by atoms with E-state index < -0.39 is 12.1 Å². The summed E-state index contributed by atoms with van der Waals surface area (Å²) in [5, 5.41) is 4.32. The topological polar surface area (TPSA) is 80.5 Å². The van der Waals surface area contributed by atoms with Crippen LogP contribution in [0.1, 0.15) is 5.89 Å². The summed E-state index contributed by atoms with van der Waals surface area (Å²) in [7, 11) is 0. The SMILES string of the molecule is FC(F)(F)c1nc(-c2ccnc(-c3cc4cc[nH]c4cn3)c2)no1. The van der Waals surface area contributed by atoms with E-state index in [1.807, 2.05) is 12.1 Å². The van der Waals surface area contributed by atoms with E-state index in [1.165, 1.54) is 12.3 Å². The van der Waals surface area contributed by atoms with E-state index in [9.17, 15) is 13.2 Å². The maximum Gasteiger partial charge on any atom is 0.471 e. The molecule has 4 aromatic heterocycles. The molecule has 9 heteroatoms. The summed E-state index contributed by atoms with van der Waals surface area (Å²) in [5.41, 5.74) is 2.32. The quantitative estimate of drug-likeness (QED) is 0.606. The Balaban J connectivity index is 1.74. The Labute approximate surface area is 132 Å². The van der Waals surface area contributed by atoms with Crippen molar-refractivity contribution in [3.05, 3.63) is 48.7 Å². The van der Waals surface area contributed by atoms with E-state index >= 15 is 0 Å². The van der Waals surface area contributed by atoms with Crippen molar-refractivity contribution < 1.29 is 17.7 Å². The molecule has 0 amide bonds. The Kier molecular flexibility index (Phi) is 3.08. The van der Waals surface area contributed by atoms with E-state index in [4.69, 9.17) is 0 Å². The van der Waals surface area contributed by atoms with E-state index in [0.29, 0.717) is 17.0 Å². The lowest BCUT2D eigenvalue weighted by Crippen LogP contribution is -2.04. The van der Waals surface area contributed by atoms with Gasteiger partial charge in [0.1, 0.15) is 0 Å². The highest BCUT2D eigenvalue weighted by molar-refractivity contribution is 5.82. The van der Waals surface area contributed by atoms with Crippen molar-refractivity contribution in [3.8, 4) is 22.8 Å². The van der Waals surface area contributed by atoms with Crippen LogP contribution in [0.4, 0.5) is 13.2 Å². The molecule has 0 aliphatic heterocycles. The summed E-state index contributed by atoms with van der Waals surface area (Å²) in [6, 6.07) is 6.78. The molecule has 0 bridgehead atoms. The van der Waals surface area contributed by atoms with Crippen LogP contribution in [0.3, 0.4) is 0 Å². The number of H-pyrrole nitrogens is 1. The van der Waals surface area contributed by atoms with Gasteiger partial charge in [0.2, 0.25) is 5.82 Å². The lowest BCUT2D eigenvalue weighted by atomic mass is 10.1. The van der Waals surface area contributed by atoms with E-state index in [-0.39, 0.29) is 5.82 Å². The fourth-order valence-electron chi connectivity index (χ4n) is 2.26. The van der Waals surface area contributed by atoms with E-state index in [0.717, 1.165) is 10.9 Å². The van der Waals surface area contributed by atoms with Gasteiger partial charge in [0.15, 0.2) is 0 Å². The number of aromatic amines is 1. The first-order valence-electron chi connectivity index (χ1n) is 6.81. The van der Waals surface area contributed by atoms with Crippen LogP contribution in [0, 0.1) is 0 Å². The first-order chi connectivity index (χ1) is 11.5. The first kappa shape index (κ1) is 14.4. The monoisotopic (exact) mass is 331 g/mol. The molecule has 0 fully saturated rings. The minimum atomic E-state index is -4.68. The van der Waals surface area contributed by atoms with E-state index in [1.54, 1.807) is 18.5 Å². The zero-order valence-corrected chi connectivity index (χ0v) is 11.9. The third-order valence-electron chi connectivity index (χ3n) is 3.39. The van der Waals surface area contributed by atoms with Gasteiger partial charge < -0.3 is 9.51 Å². The summed E-state index contributed by atoms with van der Waals surface area (Å²) in [6.45, 7) is 0. The highest BCUT2D eigenvalue weighted by atomic mass is 19.4. The van der Waals surface area contributed by atoms with Crippen LogP contribution in [-0.2, 0) is 6.18 Å². The summed E-state index contributed by atoms with van der Waals surface area (Å²) in [5.74, 6) is -1.54. The number of nitrogens with zero attached hydrogens (tertiary/aromatic N) is 4. The van der Waals surface area contributed by atoms with Crippen molar-refractivity contribution in [2.45, 2.75) is 6.18 Å². The smallest absolute Gasteiger partial charge is 0.360 e. The molecule has 0 aliphatic carbocycles. The zero-order valence-electron chi connectivity index (χ0n) is 11.9. The van der Waals surface area contributed by atoms with Gasteiger partial charge in [-0.15, -0.1) is 0 Å². The molecule has 4 heterocycles. The second-order valence-electron chi connectivity index (χ2n) is 4.99. The van der Waals surface area contributed by atoms with Crippen molar-refractivity contribution in [2.75, 3.05) is 0 Å². The van der Waals surface area contributed by atoms with Gasteiger partial charge in [-0.05, 0) is 24.3 Å². The van der Waals surface area contributed by atoms with Crippen molar-refractivity contribution in [1.82, 2.24) is 25.1 Å². The molecule has 0 aromatic carbocycles. The van der Waals surface area contributed by atoms with Gasteiger partial charge in [-0.1, -0.05) is 5.16 Å². The van der Waals surface area contributed by atoms with Crippen molar-refractivity contribution in [1.29, 1.82) is 0 Å². The first-order valence-corrected chi connectivity index (χ1v) is 6.81. The lowest BCUT2D eigenvalue weighted by Gasteiger charge is -2.02. The zero-order chi connectivity index (χ0) is 16.7. The maximum absolute atomic E-state index is 12.6. The van der Waals surface area contributed by atoms with Gasteiger partial charge in [-0.2, -0.15) is 18.2 Å². The molecule has 1 N–H and O–H groups in total. The average molecular weight is 331 g/mol. The number of fused-ring (bicyclic) bond motifs is 1. The van der Waals surface area contributed by atoms with Crippen molar-refractivity contribution in [3.63, 3.8) is 0 Å². The molecule has 4 rings (SSSR count). The number of rotatable bonds is 2. The van der Waals surface area contributed by atoms with Crippen LogP contribution in [0.5, 0.6) is 0 Å². The summed E-state index contributed by atoms with van der Waals surface area (Å²) < 4.78 is 41.9. The lowest BCUT2D eigenvalue weighted by molar-refractivity contribution is -0.159. The Bertz CT molecular complexity index is 1020. The molecule has 24 heavy (non-hydrogen) atoms. The third kappa shape index (κ3) is 2.49. The fourth-order valence-corrected chi connectivity index (χ4v) is 2.26. The molecule has 0 saturated heterocycles. The highest BCUT2D eigenvalue weighted by Crippen LogP contribution is 2.30. The third-order valence-corrected chi connectivity index (χ3v) is 3.39.